The Morgan fingerprint density at radius 1 is 1.17 bits per heavy atom. The molecule has 4 aromatic rings. The van der Waals surface area contributed by atoms with Crippen LogP contribution in [0.3, 0.4) is 0 Å². The number of aromatic nitrogens is 5. The number of alkyl halides is 3. The number of nitrogens with zero attached hydrogens (tertiary/aromatic N) is 7. The van der Waals surface area contributed by atoms with Gasteiger partial charge in [0.25, 0.3) is 12.2 Å². The zero-order valence-corrected chi connectivity index (χ0v) is 19.3. The molecule has 0 aliphatic heterocycles. The van der Waals surface area contributed by atoms with Crippen LogP contribution in [-0.2, 0) is 12.8 Å². The Kier molecular flexibility index (Phi) is 6.27. The lowest BCUT2D eigenvalue weighted by atomic mass is 10.1. The minimum Gasteiger partial charge on any atom is -0.437 e. The van der Waals surface area contributed by atoms with Gasteiger partial charge in [-0.15, -0.1) is 0 Å². The molecule has 0 aliphatic carbocycles. The van der Waals surface area contributed by atoms with E-state index >= 15 is 0 Å². The van der Waals surface area contributed by atoms with Crippen LogP contribution in [-0.4, -0.2) is 49.9 Å². The van der Waals surface area contributed by atoms with E-state index in [9.17, 15) is 13.2 Å². The highest BCUT2D eigenvalue weighted by Gasteiger charge is 2.45. The Morgan fingerprint density at radius 2 is 1.94 bits per heavy atom. The van der Waals surface area contributed by atoms with Gasteiger partial charge >= 0.3 is 0 Å². The standard InChI is InChI=1S/C23H21F3N8O/c1-13-7-15(9-27)28-11-17(13)35-19-8-16(20-21(32-19)34(4)12-30-20)31-18-6-5-14(10-29-18)23(26,22(24)25)33(2)3/h5-8,10-12,22H,1-4H3,(H,29,31,32). The third kappa shape index (κ3) is 4.45. The second kappa shape index (κ2) is 9.19. The quantitative estimate of drug-likeness (QED) is 0.386. The number of ether oxygens (including phenoxy) is 1. The van der Waals surface area contributed by atoms with Crippen molar-refractivity contribution in [1.29, 1.82) is 5.26 Å². The summed E-state index contributed by atoms with van der Waals surface area (Å²) in [5.41, 5.74) is 2.20. The van der Waals surface area contributed by atoms with Crippen LogP contribution in [0.4, 0.5) is 24.7 Å². The summed E-state index contributed by atoms with van der Waals surface area (Å²) < 4.78 is 49.4. The molecule has 0 spiro atoms. The second-order valence-electron chi connectivity index (χ2n) is 8.01. The van der Waals surface area contributed by atoms with Crippen molar-refractivity contribution in [3.63, 3.8) is 0 Å². The van der Waals surface area contributed by atoms with E-state index in [0.29, 0.717) is 28.2 Å². The second-order valence-corrected chi connectivity index (χ2v) is 8.01. The molecule has 0 aromatic carbocycles. The molecule has 0 radical (unpaired) electrons. The first kappa shape index (κ1) is 23.9. The number of rotatable bonds is 7. The van der Waals surface area contributed by atoms with Crippen LogP contribution >= 0.6 is 0 Å². The summed E-state index contributed by atoms with van der Waals surface area (Å²) in [6, 6.07) is 7.82. The number of aryl methyl sites for hydroxylation is 2. The van der Waals surface area contributed by atoms with Gasteiger partial charge in [-0.25, -0.2) is 28.1 Å². The van der Waals surface area contributed by atoms with Crippen LogP contribution in [0.15, 0.2) is 43.0 Å². The zero-order chi connectivity index (χ0) is 25.3. The molecule has 4 aromatic heterocycles. The summed E-state index contributed by atoms with van der Waals surface area (Å²) >= 11 is 0. The largest absolute Gasteiger partial charge is 0.437 e. The van der Waals surface area contributed by atoms with E-state index in [1.807, 2.05) is 6.07 Å². The average Bonchev–Trinajstić information content (AvgIpc) is 3.21. The Morgan fingerprint density at radius 3 is 2.54 bits per heavy atom. The molecule has 0 fully saturated rings. The highest BCUT2D eigenvalue weighted by atomic mass is 19.3. The molecule has 4 rings (SSSR count). The van der Waals surface area contributed by atoms with Crippen molar-refractivity contribution in [2.45, 2.75) is 19.1 Å². The Balaban J connectivity index is 1.68. The van der Waals surface area contributed by atoms with E-state index in [1.165, 1.54) is 32.4 Å². The van der Waals surface area contributed by atoms with E-state index in [0.717, 1.165) is 11.1 Å². The Labute approximate surface area is 198 Å². The van der Waals surface area contributed by atoms with E-state index in [4.69, 9.17) is 10.00 Å². The van der Waals surface area contributed by atoms with Gasteiger partial charge in [0, 0.05) is 24.9 Å². The molecule has 9 nitrogen and oxygen atoms in total. The highest BCUT2D eigenvalue weighted by Crippen LogP contribution is 2.36. The average molecular weight is 482 g/mol. The van der Waals surface area contributed by atoms with Crippen molar-refractivity contribution in [2.75, 3.05) is 19.4 Å². The van der Waals surface area contributed by atoms with Crippen molar-refractivity contribution >= 4 is 22.7 Å². The molecule has 1 atom stereocenters. The normalized spacial score (nSPS) is 13.1. The number of hydrogen-bond acceptors (Lipinski definition) is 8. The molecule has 0 saturated heterocycles. The summed E-state index contributed by atoms with van der Waals surface area (Å²) in [5.74, 6) is -2.04. The van der Waals surface area contributed by atoms with Gasteiger partial charge in [0.15, 0.2) is 11.4 Å². The molecular weight excluding hydrogens is 461 g/mol. The van der Waals surface area contributed by atoms with Crippen molar-refractivity contribution in [2.24, 2.45) is 7.05 Å². The molecule has 0 aliphatic rings. The third-order valence-corrected chi connectivity index (χ3v) is 5.41. The first-order valence-electron chi connectivity index (χ1n) is 10.4. The first-order valence-corrected chi connectivity index (χ1v) is 10.4. The maximum absolute atomic E-state index is 14.9. The predicted octanol–water partition coefficient (Wildman–Crippen LogP) is 4.42. The monoisotopic (exact) mass is 482 g/mol. The lowest BCUT2D eigenvalue weighted by Gasteiger charge is -2.31. The van der Waals surface area contributed by atoms with Gasteiger partial charge < -0.3 is 14.6 Å². The fourth-order valence-electron chi connectivity index (χ4n) is 3.44. The molecule has 4 heterocycles. The van der Waals surface area contributed by atoms with Crippen LogP contribution in [0.1, 0.15) is 16.8 Å². The number of imidazole rings is 1. The Bertz CT molecular complexity index is 1410. The molecule has 0 saturated carbocycles. The van der Waals surface area contributed by atoms with Crippen molar-refractivity contribution in [3.8, 4) is 17.7 Å². The van der Waals surface area contributed by atoms with Crippen molar-refractivity contribution < 1.29 is 17.9 Å². The minimum absolute atomic E-state index is 0.225. The van der Waals surface area contributed by atoms with Gasteiger partial charge in [0.05, 0.1) is 18.2 Å². The van der Waals surface area contributed by atoms with E-state index < -0.39 is 12.2 Å². The molecule has 0 amide bonds. The molecule has 180 valence electrons. The van der Waals surface area contributed by atoms with Crippen LogP contribution in [0.2, 0.25) is 0 Å². The highest BCUT2D eigenvalue weighted by molar-refractivity contribution is 5.88. The van der Waals surface area contributed by atoms with E-state index in [1.54, 1.807) is 37.0 Å². The maximum Gasteiger partial charge on any atom is 0.289 e. The fraction of sp³-hybridized carbons (Fsp3) is 0.261. The molecular formula is C23H21F3N8O. The fourth-order valence-corrected chi connectivity index (χ4v) is 3.44. The SMILES string of the molecule is Cc1cc(C#N)ncc1Oc1cc(Nc2ccc(C(F)(C(F)F)N(C)C)cn2)c2ncn(C)c2n1. The summed E-state index contributed by atoms with van der Waals surface area (Å²) in [6.45, 7) is 1.78. The zero-order valence-electron chi connectivity index (χ0n) is 19.3. The van der Waals surface area contributed by atoms with Gasteiger partial charge in [-0.1, -0.05) is 0 Å². The van der Waals surface area contributed by atoms with E-state index in [2.05, 4.69) is 25.3 Å². The van der Waals surface area contributed by atoms with E-state index in [-0.39, 0.29) is 23.0 Å². The Hall–Kier alpha value is -4.24. The van der Waals surface area contributed by atoms with Crippen LogP contribution in [0, 0.1) is 18.3 Å². The first-order chi connectivity index (χ1) is 16.6. The summed E-state index contributed by atoms with van der Waals surface area (Å²) in [6.07, 6.45) is 0.822. The number of halogens is 3. The van der Waals surface area contributed by atoms with Gasteiger partial charge in [-0.2, -0.15) is 10.2 Å². The molecule has 35 heavy (non-hydrogen) atoms. The van der Waals surface area contributed by atoms with Crippen LogP contribution in [0.5, 0.6) is 11.6 Å². The number of nitrogens with one attached hydrogen (secondary N) is 1. The number of fused-ring (bicyclic) bond motifs is 1. The van der Waals surface area contributed by atoms with Crippen LogP contribution in [0.25, 0.3) is 11.2 Å². The number of nitriles is 1. The number of pyridine rings is 3. The molecule has 1 N–H and O–H groups in total. The molecule has 12 heteroatoms. The topological polar surface area (TPSA) is 105 Å². The predicted molar refractivity (Wildman–Crippen MR) is 122 cm³/mol. The number of hydrogen-bond donors (Lipinski definition) is 1. The van der Waals surface area contributed by atoms with Gasteiger partial charge in [-0.05, 0) is 44.8 Å². The smallest absolute Gasteiger partial charge is 0.289 e. The summed E-state index contributed by atoms with van der Waals surface area (Å²) in [5, 5.41) is 12.1. The van der Waals surface area contributed by atoms with Gasteiger partial charge in [0.1, 0.15) is 23.1 Å². The summed E-state index contributed by atoms with van der Waals surface area (Å²) in [4.78, 5) is 17.8. The lowest BCUT2D eigenvalue weighted by molar-refractivity contribution is -0.129. The van der Waals surface area contributed by atoms with Gasteiger partial charge in [0.2, 0.25) is 5.88 Å². The third-order valence-electron chi connectivity index (χ3n) is 5.41. The minimum atomic E-state index is -3.26. The van der Waals surface area contributed by atoms with Crippen molar-refractivity contribution in [3.05, 3.63) is 59.8 Å². The number of anilines is 2. The lowest BCUT2D eigenvalue weighted by Crippen LogP contribution is -2.43. The molecule has 1 unspecified atom stereocenters. The van der Waals surface area contributed by atoms with Crippen molar-refractivity contribution in [1.82, 2.24) is 29.4 Å². The van der Waals surface area contributed by atoms with Crippen LogP contribution < -0.4 is 10.1 Å². The molecule has 0 bridgehead atoms. The summed E-state index contributed by atoms with van der Waals surface area (Å²) in [7, 11) is 4.24. The van der Waals surface area contributed by atoms with Gasteiger partial charge in [-0.3, -0.25) is 4.90 Å². The maximum atomic E-state index is 14.9.